The van der Waals surface area contributed by atoms with Crippen molar-refractivity contribution >= 4 is 17.4 Å². The molecule has 1 amide bonds. The van der Waals surface area contributed by atoms with Gasteiger partial charge in [0.15, 0.2) is 0 Å². The fourth-order valence-electron chi connectivity index (χ4n) is 4.02. The highest BCUT2D eigenvalue weighted by Gasteiger charge is 2.31. The van der Waals surface area contributed by atoms with Crippen LogP contribution >= 0.6 is 0 Å². The minimum absolute atomic E-state index is 0.0123. The number of nitrogens with zero attached hydrogens (tertiary/aromatic N) is 5. The zero-order valence-electron chi connectivity index (χ0n) is 18.4. The maximum absolute atomic E-state index is 13.1. The van der Waals surface area contributed by atoms with Gasteiger partial charge in [-0.05, 0) is 49.7 Å². The summed E-state index contributed by atoms with van der Waals surface area (Å²) in [5.41, 5.74) is 2.87. The van der Waals surface area contributed by atoms with Gasteiger partial charge in [0, 0.05) is 25.5 Å². The molecule has 1 N–H and O–H groups in total. The Morgan fingerprint density at radius 1 is 1.22 bits per heavy atom. The van der Waals surface area contributed by atoms with E-state index in [1.165, 1.54) is 0 Å². The molecular weight excluding hydrogens is 404 g/mol. The van der Waals surface area contributed by atoms with Crippen molar-refractivity contribution in [2.75, 3.05) is 32.6 Å². The molecule has 1 aliphatic heterocycles. The first-order chi connectivity index (χ1) is 15.6. The van der Waals surface area contributed by atoms with Crippen molar-refractivity contribution in [1.29, 1.82) is 0 Å². The summed E-state index contributed by atoms with van der Waals surface area (Å²) in [6.45, 7) is 1.81. The predicted molar refractivity (Wildman–Crippen MR) is 123 cm³/mol. The fraction of sp³-hybridized carbons (Fsp3) is 0.333. The highest BCUT2D eigenvalue weighted by Crippen LogP contribution is 2.31. The average Bonchev–Trinajstić information content (AvgIpc) is 3.30. The van der Waals surface area contributed by atoms with Crippen LogP contribution in [-0.2, 0) is 11.3 Å². The third-order valence-electron chi connectivity index (χ3n) is 5.53. The zero-order chi connectivity index (χ0) is 22.3. The number of amides is 1. The normalized spacial score (nSPS) is 15.7. The minimum atomic E-state index is 0.0123. The number of hydrogen-bond acceptors (Lipinski definition) is 7. The van der Waals surface area contributed by atoms with Crippen molar-refractivity contribution in [3.63, 3.8) is 0 Å². The van der Waals surface area contributed by atoms with Crippen molar-refractivity contribution in [2.45, 2.75) is 25.4 Å². The molecule has 0 spiro atoms. The number of nitrogens with one attached hydrogen (secondary N) is 1. The molecule has 0 bridgehead atoms. The average molecular weight is 433 g/mol. The van der Waals surface area contributed by atoms with Gasteiger partial charge in [-0.25, -0.2) is 4.98 Å². The number of methoxy groups -OCH3 is 1. The summed E-state index contributed by atoms with van der Waals surface area (Å²) in [4.78, 5) is 29.9. The van der Waals surface area contributed by atoms with Crippen LogP contribution in [0, 0.1) is 0 Å². The van der Waals surface area contributed by atoms with Crippen molar-refractivity contribution in [1.82, 2.24) is 24.8 Å². The lowest BCUT2D eigenvalue weighted by molar-refractivity contribution is -0.133. The molecule has 3 aromatic rings. The Balaban J connectivity index is 1.36. The van der Waals surface area contributed by atoms with Crippen LogP contribution in [-0.4, -0.2) is 57.9 Å². The molecular formula is C24H28N6O2. The molecule has 2 aromatic heterocycles. The maximum atomic E-state index is 13.1. The molecule has 1 aromatic carbocycles. The number of rotatable bonds is 8. The summed E-state index contributed by atoms with van der Waals surface area (Å²) in [6, 6.07) is 11.9. The lowest BCUT2D eigenvalue weighted by Gasteiger charge is -2.27. The highest BCUT2D eigenvalue weighted by atomic mass is 16.5. The van der Waals surface area contributed by atoms with E-state index in [1.807, 2.05) is 53.2 Å². The second kappa shape index (κ2) is 10.2. The van der Waals surface area contributed by atoms with Crippen molar-refractivity contribution in [3.05, 3.63) is 72.4 Å². The van der Waals surface area contributed by atoms with E-state index in [2.05, 4.69) is 20.3 Å². The first-order valence-electron chi connectivity index (χ1n) is 10.7. The molecule has 3 heterocycles. The molecule has 0 unspecified atom stereocenters. The largest absolute Gasteiger partial charge is 0.497 e. The number of anilines is 2. The van der Waals surface area contributed by atoms with Gasteiger partial charge in [0.25, 0.3) is 0 Å². The van der Waals surface area contributed by atoms with Gasteiger partial charge in [0.2, 0.25) is 5.91 Å². The van der Waals surface area contributed by atoms with Crippen LogP contribution in [0.25, 0.3) is 0 Å². The van der Waals surface area contributed by atoms with Crippen LogP contribution in [0.5, 0.6) is 5.75 Å². The summed E-state index contributed by atoms with van der Waals surface area (Å²) in [5, 5.41) is 3.18. The summed E-state index contributed by atoms with van der Waals surface area (Å²) in [7, 11) is 3.62. The Kier molecular flexibility index (Phi) is 6.91. The van der Waals surface area contributed by atoms with Gasteiger partial charge in [-0.3, -0.25) is 19.7 Å². The number of likely N-dealkylation sites (tertiary alicyclic amines) is 1. The molecule has 8 heteroatoms. The van der Waals surface area contributed by atoms with E-state index < -0.39 is 0 Å². The Morgan fingerprint density at radius 2 is 2.12 bits per heavy atom. The van der Waals surface area contributed by atoms with Crippen LogP contribution in [0.4, 0.5) is 11.5 Å². The molecule has 1 atom stereocenters. The minimum Gasteiger partial charge on any atom is -0.497 e. The van der Waals surface area contributed by atoms with E-state index >= 15 is 0 Å². The molecule has 0 saturated carbocycles. The molecule has 1 saturated heterocycles. The van der Waals surface area contributed by atoms with Crippen LogP contribution in [0.2, 0.25) is 0 Å². The number of benzene rings is 1. The molecule has 0 radical (unpaired) electrons. The third-order valence-corrected chi connectivity index (χ3v) is 5.53. The molecule has 1 fully saturated rings. The Hall–Kier alpha value is -3.52. The Morgan fingerprint density at radius 3 is 2.88 bits per heavy atom. The Bertz CT molecular complexity index is 1030. The zero-order valence-corrected chi connectivity index (χ0v) is 18.4. The van der Waals surface area contributed by atoms with Crippen LogP contribution in [0.1, 0.15) is 30.1 Å². The first kappa shape index (κ1) is 21.7. The fourth-order valence-corrected chi connectivity index (χ4v) is 4.02. The molecule has 32 heavy (non-hydrogen) atoms. The number of pyridine rings is 1. The van der Waals surface area contributed by atoms with Gasteiger partial charge in [0.05, 0.1) is 43.5 Å². The van der Waals surface area contributed by atoms with Gasteiger partial charge in [-0.2, -0.15) is 0 Å². The van der Waals surface area contributed by atoms with Gasteiger partial charge >= 0.3 is 0 Å². The molecule has 4 rings (SSSR count). The quantitative estimate of drug-likeness (QED) is 0.584. The van der Waals surface area contributed by atoms with E-state index in [4.69, 9.17) is 4.74 Å². The molecule has 0 aliphatic carbocycles. The van der Waals surface area contributed by atoms with E-state index in [0.29, 0.717) is 18.9 Å². The smallest absolute Gasteiger partial charge is 0.237 e. The SMILES string of the molecule is COc1cccc(CN(C)CC(=O)N2CCC[C@H]2c2ccc(Nc3cnccn3)cn2)c1. The second-order valence-electron chi connectivity index (χ2n) is 7.96. The lowest BCUT2D eigenvalue weighted by Crippen LogP contribution is -2.38. The summed E-state index contributed by atoms with van der Waals surface area (Å²) >= 11 is 0. The number of carbonyl (C=O) groups is 1. The van der Waals surface area contributed by atoms with E-state index in [0.717, 1.165) is 42.1 Å². The van der Waals surface area contributed by atoms with Gasteiger partial charge < -0.3 is 15.0 Å². The predicted octanol–water partition coefficient (Wildman–Crippen LogP) is 3.42. The number of hydrogen-bond donors (Lipinski definition) is 1. The number of aromatic nitrogens is 3. The molecule has 8 nitrogen and oxygen atoms in total. The first-order valence-corrected chi connectivity index (χ1v) is 10.7. The van der Waals surface area contributed by atoms with Gasteiger partial charge in [-0.1, -0.05) is 12.1 Å². The second-order valence-corrected chi connectivity index (χ2v) is 7.96. The molecule has 1 aliphatic rings. The highest BCUT2D eigenvalue weighted by molar-refractivity contribution is 5.79. The molecule has 166 valence electrons. The van der Waals surface area contributed by atoms with Crippen LogP contribution < -0.4 is 10.1 Å². The van der Waals surface area contributed by atoms with Crippen LogP contribution in [0.15, 0.2) is 61.2 Å². The summed E-state index contributed by atoms with van der Waals surface area (Å²) < 4.78 is 5.29. The van der Waals surface area contributed by atoms with E-state index in [-0.39, 0.29) is 11.9 Å². The van der Waals surface area contributed by atoms with Crippen molar-refractivity contribution < 1.29 is 9.53 Å². The van der Waals surface area contributed by atoms with Crippen LogP contribution in [0.3, 0.4) is 0 Å². The van der Waals surface area contributed by atoms with Crippen molar-refractivity contribution in [3.8, 4) is 5.75 Å². The maximum Gasteiger partial charge on any atom is 0.237 e. The van der Waals surface area contributed by atoms with Gasteiger partial charge in [-0.15, -0.1) is 0 Å². The van der Waals surface area contributed by atoms with Crippen molar-refractivity contribution in [2.24, 2.45) is 0 Å². The lowest BCUT2D eigenvalue weighted by atomic mass is 10.1. The van der Waals surface area contributed by atoms with E-state index in [9.17, 15) is 4.79 Å². The monoisotopic (exact) mass is 432 g/mol. The standard InChI is InChI=1S/C24H28N6O2/c1-29(16-18-5-3-6-20(13-18)32-2)17-24(31)30-12-4-7-22(30)21-9-8-19(14-27-21)28-23-15-25-10-11-26-23/h3,5-6,8-11,13-15,22H,4,7,12,16-17H2,1-2H3,(H,26,28)/t22-/m0/s1. The Labute approximate surface area is 188 Å². The van der Waals surface area contributed by atoms with E-state index in [1.54, 1.807) is 31.9 Å². The third kappa shape index (κ3) is 5.39. The van der Waals surface area contributed by atoms with Gasteiger partial charge in [0.1, 0.15) is 11.6 Å². The number of likely N-dealkylation sites (N-methyl/N-ethyl adjacent to an activating group) is 1. The summed E-state index contributed by atoms with van der Waals surface area (Å²) in [6.07, 6.45) is 8.61. The number of carbonyl (C=O) groups excluding carboxylic acids is 1. The number of ether oxygens (including phenoxy) is 1. The topological polar surface area (TPSA) is 83.5 Å². The summed E-state index contributed by atoms with van der Waals surface area (Å²) in [5.74, 6) is 1.62.